The quantitative estimate of drug-likeness (QED) is 0.920. The minimum Gasteiger partial charge on any atom is -0.335 e. The van der Waals surface area contributed by atoms with Crippen LogP contribution in [0.2, 0.25) is 0 Å². The van der Waals surface area contributed by atoms with E-state index >= 15 is 0 Å². The molecule has 0 bridgehead atoms. The monoisotopic (exact) mass is 271 g/mol. The molecule has 1 N–H and O–H groups in total. The minimum absolute atomic E-state index is 0.600. The third kappa shape index (κ3) is 2.16. The predicted octanol–water partition coefficient (Wildman–Crippen LogP) is 1.76. The summed E-state index contributed by atoms with van der Waals surface area (Å²) in [5.74, 6) is 0.899. The largest absolute Gasteiger partial charge is 0.335 e. The van der Waals surface area contributed by atoms with Crippen LogP contribution in [-0.4, -0.2) is 39.8 Å². The summed E-state index contributed by atoms with van der Waals surface area (Å²) in [6.07, 6.45) is 7.11. The lowest BCUT2D eigenvalue weighted by molar-refractivity contribution is 0.571. The molecular formula is C15H21N5. The van der Waals surface area contributed by atoms with Crippen molar-refractivity contribution >= 4 is 11.6 Å². The number of fused-ring (bicyclic) bond motifs is 1. The number of hydrogen-bond donors (Lipinski definition) is 1. The van der Waals surface area contributed by atoms with Gasteiger partial charge in [-0.1, -0.05) is 6.07 Å². The van der Waals surface area contributed by atoms with E-state index in [0.29, 0.717) is 12.1 Å². The van der Waals surface area contributed by atoms with E-state index in [1.807, 2.05) is 16.8 Å². The summed E-state index contributed by atoms with van der Waals surface area (Å²) in [4.78, 5) is 7.18. The number of hydrogen-bond acceptors (Lipinski definition) is 4. The molecule has 2 aromatic rings. The highest BCUT2D eigenvalue weighted by Crippen LogP contribution is 2.31. The van der Waals surface area contributed by atoms with Crippen molar-refractivity contribution in [3.05, 3.63) is 23.9 Å². The van der Waals surface area contributed by atoms with Gasteiger partial charge in [-0.3, -0.25) is 0 Å². The van der Waals surface area contributed by atoms with E-state index in [9.17, 15) is 0 Å². The van der Waals surface area contributed by atoms with Gasteiger partial charge in [0.1, 0.15) is 0 Å². The second-order valence-electron chi connectivity index (χ2n) is 6.05. The van der Waals surface area contributed by atoms with Crippen LogP contribution in [0, 0.1) is 6.92 Å². The highest BCUT2D eigenvalue weighted by molar-refractivity contribution is 5.51. The predicted molar refractivity (Wildman–Crippen MR) is 79.1 cm³/mol. The fourth-order valence-corrected chi connectivity index (χ4v) is 3.08. The summed E-state index contributed by atoms with van der Waals surface area (Å²) >= 11 is 0. The van der Waals surface area contributed by atoms with Gasteiger partial charge in [0.05, 0.1) is 0 Å². The average molecular weight is 271 g/mol. The van der Waals surface area contributed by atoms with Crippen molar-refractivity contribution in [2.75, 3.05) is 18.0 Å². The first-order valence-corrected chi connectivity index (χ1v) is 7.63. The number of pyridine rings is 1. The van der Waals surface area contributed by atoms with Crippen molar-refractivity contribution < 1.29 is 0 Å². The molecule has 0 aromatic carbocycles. The molecule has 0 radical (unpaired) electrons. The molecule has 20 heavy (non-hydrogen) atoms. The minimum atomic E-state index is 0.600. The summed E-state index contributed by atoms with van der Waals surface area (Å²) in [7, 11) is 0. The van der Waals surface area contributed by atoms with Gasteiger partial charge in [0.2, 0.25) is 5.95 Å². The van der Waals surface area contributed by atoms with Crippen molar-refractivity contribution in [2.45, 2.75) is 44.7 Å². The number of nitrogens with one attached hydrogen (secondary N) is 1. The van der Waals surface area contributed by atoms with Gasteiger partial charge in [-0.15, -0.1) is 5.10 Å². The Kier molecular flexibility index (Phi) is 2.88. The Labute approximate surface area is 119 Å². The molecule has 1 aliphatic heterocycles. The lowest BCUT2D eigenvalue weighted by Gasteiger charge is -2.24. The molecule has 0 amide bonds. The van der Waals surface area contributed by atoms with Gasteiger partial charge in [-0.25, -0.2) is 4.52 Å². The highest BCUT2D eigenvalue weighted by Gasteiger charge is 2.33. The van der Waals surface area contributed by atoms with E-state index in [4.69, 9.17) is 4.98 Å². The van der Waals surface area contributed by atoms with E-state index in [1.165, 1.54) is 31.2 Å². The molecule has 1 atom stereocenters. The molecule has 1 unspecified atom stereocenters. The lowest BCUT2D eigenvalue weighted by atomic mass is 10.2. The molecule has 1 saturated carbocycles. The van der Waals surface area contributed by atoms with E-state index in [-0.39, 0.29) is 0 Å². The first-order valence-electron chi connectivity index (χ1n) is 7.63. The van der Waals surface area contributed by atoms with Gasteiger partial charge in [-0.2, -0.15) is 4.98 Å². The Bertz CT molecular complexity index is 610. The molecule has 2 fully saturated rings. The molecule has 5 nitrogen and oxygen atoms in total. The smallest absolute Gasteiger partial charge is 0.245 e. The maximum atomic E-state index is 4.77. The van der Waals surface area contributed by atoms with E-state index in [0.717, 1.165) is 24.7 Å². The Balaban J connectivity index is 1.65. The van der Waals surface area contributed by atoms with Gasteiger partial charge in [0.15, 0.2) is 5.65 Å². The van der Waals surface area contributed by atoms with Crippen molar-refractivity contribution in [3.8, 4) is 0 Å². The zero-order valence-electron chi connectivity index (χ0n) is 11.9. The molecule has 2 aromatic heterocycles. The standard InChI is InChI=1S/C15H21N5/c1-11-4-3-9-20-14(11)17-15(18-20)19(13-6-7-13)10-12-5-2-8-16-12/h3-4,9,12-13,16H,2,5-8,10H2,1H3. The fourth-order valence-electron chi connectivity index (χ4n) is 3.08. The SMILES string of the molecule is Cc1cccn2nc(N(CC3CCCN3)C3CC3)nc12. The number of aromatic nitrogens is 3. The molecule has 106 valence electrons. The first-order chi connectivity index (χ1) is 9.81. The Hall–Kier alpha value is -1.62. The molecular weight excluding hydrogens is 250 g/mol. The highest BCUT2D eigenvalue weighted by atomic mass is 15.4. The Morgan fingerprint density at radius 1 is 1.40 bits per heavy atom. The second-order valence-corrected chi connectivity index (χ2v) is 6.05. The normalized spacial score (nSPS) is 22.6. The Morgan fingerprint density at radius 2 is 2.30 bits per heavy atom. The van der Waals surface area contributed by atoms with Gasteiger partial charge in [-0.05, 0) is 50.8 Å². The number of rotatable bonds is 4. The molecule has 4 rings (SSSR count). The van der Waals surface area contributed by atoms with Crippen LogP contribution >= 0.6 is 0 Å². The fraction of sp³-hybridized carbons (Fsp3) is 0.600. The molecule has 3 heterocycles. The summed E-state index contributed by atoms with van der Waals surface area (Å²) in [5, 5.41) is 8.26. The van der Waals surface area contributed by atoms with Gasteiger partial charge >= 0.3 is 0 Å². The second kappa shape index (κ2) is 4.74. The van der Waals surface area contributed by atoms with Crippen LogP contribution in [0.3, 0.4) is 0 Å². The van der Waals surface area contributed by atoms with Crippen LogP contribution < -0.4 is 10.2 Å². The summed E-state index contributed by atoms with van der Waals surface area (Å²) in [6, 6.07) is 5.37. The zero-order valence-corrected chi connectivity index (χ0v) is 11.9. The molecule has 0 spiro atoms. The zero-order chi connectivity index (χ0) is 13.5. The van der Waals surface area contributed by atoms with Crippen LogP contribution in [0.25, 0.3) is 5.65 Å². The number of anilines is 1. The summed E-state index contributed by atoms with van der Waals surface area (Å²) < 4.78 is 1.90. The van der Waals surface area contributed by atoms with Crippen molar-refractivity contribution in [1.29, 1.82) is 0 Å². The molecule has 1 aliphatic carbocycles. The van der Waals surface area contributed by atoms with Crippen molar-refractivity contribution in [2.24, 2.45) is 0 Å². The maximum Gasteiger partial charge on any atom is 0.245 e. The lowest BCUT2D eigenvalue weighted by Crippen LogP contribution is -2.39. The van der Waals surface area contributed by atoms with Crippen LogP contribution in [0.1, 0.15) is 31.2 Å². The van der Waals surface area contributed by atoms with Crippen molar-refractivity contribution in [3.63, 3.8) is 0 Å². The Morgan fingerprint density at radius 3 is 3.00 bits per heavy atom. The molecule has 5 heteroatoms. The van der Waals surface area contributed by atoms with E-state index in [1.54, 1.807) is 0 Å². The van der Waals surface area contributed by atoms with Gasteiger partial charge in [0.25, 0.3) is 0 Å². The third-order valence-electron chi connectivity index (χ3n) is 4.37. The average Bonchev–Trinajstić information content (AvgIpc) is 2.99. The number of nitrogens with zero attached hydrogens (tertiary/aromatic N) is 4. The molecule has 2 aliphatic rings. The summed E-state index contributed by atoms with van der Waals surface area (Å²) in [5.41, 5.74) is 2.16. The van der Waals surface area contributed by atoms with E-state index < -0.39 is 0 Å². The van der Waals surface area contributed by atoms with Crippen LogP contribution in [0.4, 0.5) is 5.95 Å². The first kappa shape index (κ1) is 12.1. The third-order valence-corrected chi connectivity index (χ3v) is 4.37. The van der Waals surface area contributed by atoms with Crippen LogP contribution in [-0.2, 0) is 0 Å². The van der Waals surface area contributed by atoms with Crippen LogP contribution in [0.15, 0.2) is 18.3 Å². The van der Waals surface area contributed by atoms with Gasteiger partial charge in [0, 0.05) is 24.8 Å². The molecule has 1 saturated heterocycles. The van der Waals surface area contributed by atoms with E-state index in [2.05, 4.69) is 28.3 Å². The summed E-state index contributed by atoms with van der Waals surface area (Å²) in [6.45, 7) is 4.29. The van der Waals surface area contributed by atoms with Gasteiger partial charge < -0.3 is 10.2 Å². The number of aryl methyl sites for hydroxylation is 1. The van der Waals surface area contributed by atoms with Crippen LogP contribution in [0.5, 0.6) is 0 Å². The van der Waals surface area contributed by atoms with Crippen molar-refractivity contribution in [1.82, 2.24) is 19.9 Å². The maximum absolute atomic E-state index is 4.77. The topological polar surface area (TPSA) is 45.5 Å².